The molecular formula is C15H27N3O2. The van der Waals surface area contributed by atoms with E-state index in [9.17, 15) is 0 Å². The molecule has 114 valence electrons. The monoisotopic (exact) mass is 281 g/mol. The minimum absolute atomic E-state index is 0.0498. The molecular weight excluding hydrogens is 254 g/mol. The molecule has 5 heteroatoms. The largest absolute Gasteiger partial charge is 0.373 e. The summed E-state index contributed by atoms with van der Waals surface area (Å²) in [7, 11) is 1.73. The average Bonchev–Trinajstić information content (AvgIpc) is 2.96. The number of aromatic nitrogens is 2. The molecule has 1 heterocycles. The third-order valence-electron chi connectivity index (χ3n) is 4.23. The van der Waals surface area contributed by atoms with E-state index in [2.05, 4.69) is 17.1 Å². The molecule has 2 rings (SSSR count). The van der Waals surface area contributed by atoms with E-state index in [4.69, 9.17) is 15.0 Å². The molecule has 0 amide bonds. The van der Waals surface area contributed by atoms with Crippen molar-refractivity contribution in [2.24, 2.45) is 11.7 Å². The number of nitrogens with two attached hydrogens (primary N) is 1. The Morgan fingerprint density at radius 3 is 2.75 bits per heavy atom. The lowest BCUT2D eigenvalue weighted by molar-refractivity contribution is 0.0273. The number of ether oxygens (including phenoxy) is 1. The van der Waals surface area contributed by atoms with Crippen molar-refractivity contribution in [1.29, 1.82) is 0 Å². The first-order chi connectivity index (χ1) is 9.76. The van der Waals surface area contributed by atoms with Crippen LogP contribution in [-0.2, 0) is 4.74 Å². The number of unbranched alkanes of at least 4 members (excludes halogenated alkanes) is 1. The Labute approximate surface area is 121 Å². The topological polar surface area (TPSA) is 74.2 Å². The summed E-state index contributed by atoms with van der Waals surface area (Å²) in [5, 5.41) is 4.10. The van der Waals surface area contributed by atoms with Crippen LogP contribution in [-0.4, -0.2) is 17.3 Å². The fourth-order valence-electron chi connectivity index (χ4n) is 3.01. The van der Waals surface area contributed by atoms with Crippen LogP contribution in [0.2, 0.25) is 0 Å². The zero-order chi connectivity index (χ0) is 14.4. The molecule has 20 heavy (non-hydrogen) atoms. The van der Waals surface area contributed by atoms with Crippen LogP contribution < -0.4 is 5.73 Å². The van der Waals surface area contributed by atoms with Crippen LogP contribution in [0.5, 0.6) is 0 Å². The minimum atomic E-state index is -0.153. The number of hydrogen-bond donors (Lipinski definition) is 1. The molecule has 1 saturated carbocycles. The summed E-state index contributed by atoms with van der Waals surface area (Å²) < 4.78 is 11.0. The standard InChI is InChI=1S/C15H27N3O2/c1-3-4-10-12(16)15-17-14(18-20-15)13(19-2)11-8-6-5-7-9-11/h11-13H,3-10,16H2,1-2H3. The molecule has 0 bridgehead atoms. The lowest BCUT2D eigenvalue weighted by atomic mass is 9.85. The van der Waals surface area contributed by atoms with E-state index in [1.165, 1.54) is 32.1 Å². The van der Waals surface area contributed by atoms with Gasteiger partial charge in [-0.2, -0.15) is 4.98 Å². The van der Waals surface area contributed by atoms with Gasteiger partial charge in [-0.3, -0.25) is 0 Å². The fraction of sp³-hybridized carbons (Fsp3) is 0.867. The van der Waals surface area contributed by atoms with Gasteiger partial charge in [-0.1, -0.05) is 44.2 Å². The van der Waals surface area contributed by atoms with Crippen LogP contribution in [0, 0.1) is 5.92 Å². The molecule has 5 nitrogen and oxygen atoms in total. The minimum Gasteiger partial charge on any atom is -0.373 e. The molecule has 1 aromatic heterocycles. The van der Waals surface area contributed by atoms with Crippen LogP contribution in [0.1, 0.15) is 82.2 Å². The smallest absolute Gasteiger partial charge is 0.243 e. The normalized spacial score (nSPS) is 19.9. The van der Waals surface area contributed by atoms with Crippen molar-refractivity contribution in [3.05, 3.63) is 11.7 Å². The van der Waals surface area contributed by atoms with Gasteiger partial charge in [0.1, 0.15) is 6.10 Å². The van der Waals surface area contributed by atoms with Crippen molar-refractivity contribution in [1.82, 2.24) is 10.1 Å². The summed E-state index contributed by atoms with van der Waals surface area (Å²) in [5.74, 6) is 1.72. The highest BCUT2D eigenvalue weighted by atomic mass is 16.5. The molecule has 2 N–H and O–H groups in total. The SMILES string of the molecule is CCCCC(N)c1nc(C(OC)C2CCCCC2)no1. The maximum absolute atomic E-state index is 6.08. The Kier molecular flexibility index (Phi) is 5.98. The molecule has 1 aliphatic carbocycles. The van der Waals surface area contributed by atoms with E-state index in [0.29, 0.717) is 17.6 Å². The first-order valence-corrected chi connectivity index (χ1v) is 7.88. The summed E-state index contributed by atoms with van der Waals surface area (Å²) in [5.41, 5.74) is 6.08. The number of hydrogen-bond acceptors (Lipinski definition) is 5. The van der Waals surface area contributed by atoms with Crippen molar-refractivity contribution in [2.45, 2.75) is 70.4 Å². The van der Waals surface area contributed by atoms with E-state index in [0.717, 1.165) is 19.3 Å². The highest BCUT2D eigenvalue weighted by molar-refractivity contribution is 4.97. The zero-order valence-electron chi connectivity index (χ0n) is 12.7. The predicted octanol–water partition coefficient (Wildman–Crippen LogP) is 3.53. The van der Waals surface area contributed by atoms with Crippen molar-refractivity contribution >= 4 is 0 Å². The van der Waals surface area contributed by atoms with Crippen LogP contribution in [0.15, 0.2) is 4.52 Å². The van der Waals surface area contributed by atoms with Crippen molar-refractivity contribution in [3.63, 3.8) is 0 Å². The lowest BCUT2D eigenvalue weighted by Gasteiger charge is -2.26. The molecule has 1 aromatic rings. The summed E-state index contributed by atoms with van der Waals surface area (Å²) in [6.07, 6.45) is 9.27. The first kappa shape index (κ1) is 15.4. The molecule has 1 fully saturated rings. The fourth-order valence-corrected chi connectivity index (χ4v) is 3.01. The first-order valence-electron chi connectivity index (χ1n) is 7.88. The summed E-state index contributed by atoms with van der Waals surface area (Å²) in [6.45, 7) is 2.15. The van der Waals surface area contributed by atoms with Gasteiger partial charge in [-0.05, 0) is 25.2 Å². The van der Waals surface area contributed by atoms with E-state index < -0.39 is 0 Å². The van der Waals surface area contributed by atoms with Gasteiger partial charge >= 0.3 is 0 Å². The van der Waals surface area contributed by atoms with Crippen molar-refractivity contribution < 1.29 is 9.26 Å². The molecule has 0 radical (unpaired) electrons. The Bertz CT molecular complexity index is 388. The lowest BCUT2D eigenvalue weighted by Crippen LogP contribution is -2.19. The Balaban J connectivity index is 2.01. The van der Waals surface area contributed by atoms with Gasteiger partial charge in [0.15, 0.2) is 0 Å². The molecule has 0 saturated heterocycles. The summed E-state index contributed by atoms with van der Waals surface area (Å²) in [6, 6.07) is -0.153. The highest BCUT2D eigenvalue weighted by Crippen LogP contribution is 2.35. The number of nitrogens with zero attached hydrogens (tertiary/aromatic N) is 2. The van der Waals surface area contributed by atoms with Gasteiger partial charge < -0.3 is 15.0 Å². The zero-order valence-corrected chi connectivity index (χ0v) is 12.7. The van der Waals surface area contributed by atoms with Crippen LogP contribution in [0.4, 0.5) is 0 Å². The van der Waals surface area contributed by atoms with Gasteiger partial charge in [0.2, 0.25) is 11.7 Å². The van der Waals surface area contributed by atoms with E-state index in [1.54, 1.807) is 7.11 Å². The van der Waals surface area contributed by atoms with Crippen LogP contribution in [0.25, 0.3) is 0 Å². The molecule has 1 aliphatic rings. The molecule has 2 atom stereocenters. The van der Waals surface area contributed by atoms with Gasteiger partial charge in [-0.25, -0.2) is 0 Å². The Morgan fingerprint density at radius 2 is 2.10 bits per heavy atom. The van der Waals surface area contributed by atoms with Gasteiger partial charge in [0.25, 0.3) is 0 Å². The van der Waals surface area contributed by atoms with Crippen molar-refractivity contribution in [3.8, 4) is 0 Å². The number of rotatable bonds is 7. The maximum Gasteiger partial charge on any atom is 0.243 e. The third-order valence-corrected chi connectivity index (χ3v) is 4.23. The average molecular weight is 281 g/mol. The second kappa shape index (κ2) is 7.74. The quantitative estimate of drug-likeness (QED) is 0.827. The second-order valence-corrected chi connectivity index (χ2v) is 5.79. The van der Waals surface area contributed by atoms with E-state index in [1.807, 2.05) is 0 Å². The molecule has 2 unspecified atom stereocenters. The predicted molar refractivity (Wildman–Crippen MR) is 77.1 cm³/mol. The molecule has 0 aromatic carbocycles. The highest BCUT2D eigenvalue weighted by Gasteiger charge is 2.29. The van der Waals surface area contributed by atoms with Crippen molar-refractivity contribution in [2.75, 3.05) is 7.11 Å². The molecule has 0 spiro atoms. The summed E-state index contributed by atoms with van der Waals surface area (Å²) in [4.78, 5) is 4.48. The van der Waals surface area contributed by atoms with Crippen LogP contribution in [0.3, 0.4) is 0 Å². The van der Waals surface area contributed by atoms with Gasteiger partial charge in [0.05, 0.1) is 6.04 Å². The van der Waals surface area contributed by atoms with Crippen LogP contribution >= 0.6 is 0 Å². The Morgan fingerprint density at radius 1 is 1.35 bits per heavy atom. The van der Waals surface area contributed by atoms with E-state index in [-0.39, 0.29) is 12.1 Å². The maximum atomic E-state index is 6.08. The Hall–Kier alpha value is -0.940. The number of methoxy groups -OCH3 is 1. The van der Waals surface area contributed by atoms with E-state index >= 15 is 0 Å². The second-order valence-electron chi connectivity index (χ2n) is 5.79. The molecule has 0 aliphatic heterocycles. The van der Waals surface area contributed by atoms with Gasteiger partial charge in [0, 0.05) is 7.11 Å². The van der Waals surface area contributed by atoms with Gasteiger partial charge in [-0.15, -0.1) is 0 Å². The third kappa shape index (κ3) is 3.79. The summed E-state index contributed by atoms with van der Waals surface area (Å²) >= 11 is 0.